The summed E-state index contributed by atoms with van der Waals surface area (Å²) in [5.74, 6) is 0.247. The first-order valence-electron chi connectivity index (χ1n) is 5.66. The maximum Gasteiger partial charge on any atom is 0.236 e. The topological polar surface area (TPSA) is 38.1 Å². The third kappa shape index (κ3) is 2.84. The fraction of sp³-hybridized carbons (Fsp3) is 0.636. The van der Waals surface area contributed by atoms with Crippen LogP contribution in [0.2, 0.25) is 0 Å². The number of nitrogens with zero attached hydrogens (tertiary/aromatic N) is 3. The summed E-state index contributed by atoms with van der Waals surface area (Å²) in [5, 5.41) is 0. The van der Waals surface area contributed by atoms with E-state index in [1.807, 2.05) is 22.0 Å². The number of aryl methyl sites for hydroxylation is 1. The minimum Gasteiger partial charge on any atom is -0.342 e. The number of imidazole rings is 1. The van der Waals surface area contributed by atoms with Gasteiger partial charge in [0.2, 0.25) is 5.91 Å². The number of piperidine rings is 1. The summed E-state index contributed by atoms with van der Waals surface area (Å²) in [5.41, 5.74) is 0. The van der Waals surface area contributed by atoms with Crippen molar-refractivity contribution < 1.29 is 4.79 Å². The maximum atomic E-state index is 11.8. The van der Waals surface area contributed by atoms with Crippen LogP contribution in [0.1, 0.15) is 19.3 Å². The van der Waals surface area contributed by atoms with Gasteiger partial charge in [-0.15, -0.1) is 0 Å². The zero-order chi connectivity index (χ0) is 11.4. The van der Waals surface area contributed by atoms with Gasteiger partial charge in [0.15, 0.2) is 0 Å². The second kappa shape index (κ2) is 5.48. The van der Waals surface area contributed by atoms with Gasteiger partial charge in [-0.1, -0.05) is 15.9 Å². The predicted octanol–water partition coefficient (Wildman–Crippen LogP) is 1.66. The van der Waals surface area contributed by atoms with Crippen molar-refractivity contribution in [3.8, 4) is 0 Å². The highest BCUT2D eigenvalue weighted by molar-refractivity contribution is 9.10. The van der Waals surface area contributed by atoms with Crippen molar-refractivity contribution in [1.82, 2.24) is 14.5 Å². The number of aromatic nitrogens is 2. The Labute approximate surface area is 104 Å². The van der Waals surface area contributed by atoms with Crippen molar-refractivity contribution in [2.45, 2.75) is 30.6 Å². The van der Waals surface area contributed by atoms with Gasteiger partial charge in [0, 0.05) is 32.0 Å². The SMILES string of the molecule is O=C1C(Br)CCCN1CCCn1ccnc1. The number of amides is 1. The molecular weight excluding hydrogens is 270 g/mol. The zero-order valence-corrected chi connectivity index (χ0v) is 10.8. The lowest BCUT2D eigenvalue weighted by atomic mass is 10.1. The van der Waals surface area contributed by atoms with Gasteiger partial charge in [0.1, 0.15) is 0 Å². The number of alkyl halides is 1. The van der Waals surface area contributed by atoms with Crippen molar-refractivity contribution in [3.63, 3.8) is 0 Å². The lowest BCUT2D eigenvalue weighted by molar-refractivity contribution is -0.132. The second-order valence-corrected chi connectivity index (χ2v) is 5.19. The Morgan fingerprint density at radius 1 is 1.50 bits per heavy atom. The fourth-order valence-corrected chi connectivity index (χ4v) is 2.59. The van der Waals surface area contributed by atoms with E-state index in [4.69, 9.17) is 0 Å². The summed E-state index contributed by atoms with van der Waals surface area (Å²) < 4.78 is 2.04. The molecule has 1 aliphatic heterocycles. The minimum absolute atomic E-state index is 0.0366. The van der Waals surface area contributed by atoms with E-state index in [-0.39, 0.29) is 10.7 Å². The highest BCUT2D eigenvalue weighted by Gasteiger charge is 2.25. The van der Waals surface area contributed by atoms with E-state index in [1.54, 1.807) is 6.20 Å². The van der Waals surface area contributed by atoms with Crippen LogP contribution < -0.4 is 0 Å². The standard InChI is InChI=1S/C11H16BrN3O/c12-10-3-1-6-15(11(10)16)7-2-5-14-8-4-13-9-14/h4,8-10H,1-3,5-7H2. The van der Waals surface area contributed by atoms with E-state index < -0.39 is 0 Å². The van der Waals surface area contributed by atoms with Crippen LogP contribution in [0.4, 0.5) is 0 Å². The Morgan fingerprint density at radius 3 is 3.12 bits per heavy atom. The summed E-state index contributed by atoms with van der Waals surface area (Å²) in [4.78, 5) is 17.8. The van der Waals surface area contributed by atoms with Crippen LogP contribution in [-0.4, -0.2) is 38.3 Å². The Morgan fingerprint density at radius 2 is 2.38 bits per heavy atom. The Bertz CT molecular complexity index is 339. The van der Waals surface area contributed by atoms with Crippen LogP contribution in [0, 0.1) is 0 Å². The van der Waals surface area contributed by atoms with Crippen molar-refractivity contribution in [3.05, 3.63) is 18.7 Å². The highest BCUT2D eigenvalue weighted by atomic mass is 79.9. The van der Waals surface area contributed by atoms with E-state index in [1.165, 1.54) is 0 Å². The summed E-state index contributed by atoms with van der Waals surface area (Å²) in [6, 6.07) is 0. The Hall–Kier alpha value is -0.840. The number of hydrogen-bond acceptors (Lipinski definition) is 2. The van der Waals surface area contributed by atoms with Crippen LogP contribution in [-0.2, 0) is 11.3 Å². The molecule has 0 bridgehead atoms. The number of rotatable bonds is 4. The van der Waals surface area contributed by atoms with Crippen molar-refractivity contribution in [2.75, 3.05) is 13.1 Å². The molecule has 2 heterocycles. The molecule has 2 rings (SSSR count). The maximum absolute atomic E-state index is 11.8. The Balaban J connectivity index is 1.75. The number of likely N-dealkylation sites (tertiary alicyclic amines) is 1. The summed E-state index contributed by atoms with van der Waals surface area (Å²) in [7, 11) is 0. The lowest BCUT2D eigenvalue weighted by Gasteiger charge is -2.29. The number of carbonyl (C=O) groups is 1. The molecule has 5 heteroatoms. The molecule has 0 spiro atoms. The van der Waals surface area contributed by atoms with Gasteiger partial charge in [-0.2, -0.15) is 0 Å². The Kier molecular flexibility index (Phi) is 3.98. The molecule has 88 valence electrons. The first-order valence-corrected chi connectivity index (χ1v) is 6.57. The summed E-state index contributed by atoms with van der Waals surface area (Å²) in [6.07, 6.45) is 8.60. The molecule has 0 aromatic carbocycles. The molecular formula is C11H16BrN3O. The first-order chi connectivity index (χ1) is 7.77. The van der Waals surface area contributed by atoms with Crippen LogP contribution in [0.3, 0.4) is 0 Å². The quantitative estimate of drug-likeness (QED) is 0.789. The van der Waals surface area contributed by atoms with E-state index in [9.17, 15) is 4.79 Å². The average molecular weight is 286 g/mol. The normalized spacial score (nSPS) is 21.4. The molecule has 16 heavy (non-hydrogen) atoms. The van der Waals surface area contributed by atoms with Crippen LogP contribution in [0.15, 0.2) is 18.7 Å². The summed E-state index contributed by atoms with van der Waals surface area (Å²) >= 11 is 3.42. The fourth-order valence-electron chi connectivity index (χ4n) is 1.98. The molecule has 1 aliphatic rings. The van der Waals surface area contributed by atoms with E-state index in [0.29, 0.717) is 0 Å². The molecule has 1 unspecified atom stereocenters. The monoisotopic (exact) mass is 285 g/mol. The lowest BCUT2D eigenvalue weighted by Crippen LogP contribution is -2.42. The molecule has 0 N–H and O–H groups in total. The molecule has 0 radical (unpaired) electrons. The number of halogens is 1. The predicted molar refractivity (Wildman–Crippen MR) is 65.4 cm³/mol. The van der Waals surface area contributed by atoms with Gasteiger partial charge in [-0.05, 0) is 19.3 Å². The average Bonchev–Trinajstić information content (AvgIpc) is 2.77. The highest BCUT2D eigenvalue weighted by Crippen LogP contribution is 2.18. The molecule has 1 saturated heterocycles. The minimum atomic E-state index is 0.0366. The third-order valence-electron chi connectivity index (χ3n) is 2.87. The molecule has 1 aromatic rings. The van der Waals surface area contributed by atoms with Crippen LogP contribution in [0.5, 0.6) is 0 Å². The van der Waals surface area contributed by atoms with Gasteiger partial charge in [-0.3, -0.25) is 4.79 Å². The largest absolute Gasteiger partial charge is 0.342 e. The number of carbonyl (C=O) groups excluding carboxylic acids is 1. The van der Waals surface area contributed by atoms with Crippen molar-refractivity contribution in [1.29, 1.82) is 0 Å². The van der Waals surface area contributed by atoms with Crippen LogP contribution >= 0.6 is 15.9 Å². The van der Waals surface area contributed by atoms with Crippen LogP contribution in [0.25, 0.3) is 0 Å². The van der Waals surface area contributed by atoms with Gasteiger partial charge in [0.25, 0.3) is 0 Å². The molecule has 4 nitrogen and oxygen atoms in total. The summed E-state index contributed by atoms with van der Waals surface area (Å²) in [6.45, 7) is 2.68. The molecule has 1 atom stereocenters. The van der Waals surface area contributed by atoms with E-state index in [2.05, 4.69) is 20.9 Å². The first kappa shape index (κ1) is 11.6. The zero-order valence-electron chi connectivity index (χ0n) is 9.18. The van der Waals surface area contributed by atoms with Crippen molar-refractivity contribution >= 4 is 21.8 Å². The van der Waals surface area contributed by atoms with Gasteiger partial charge in [-0.25, -0.2) is 4.98 Å². The molecule has 0 aliphatic carbocycles. The van der Waals surface area contributed by atoms with Gasteiger partial charge >= 0.3 is 0 Å². The molecule has 1 fully saturated rings. The molecule has 1 amide bonds. The third-order valence-corrected chi connectivity index (χ3v) is 3.72. The second-order valence-electron chi connectivity index (χ2n) is 4.09. The van der Waals surface area contributed by atoms with E-state index in [0.717, 1.165) is 38.9 Å². The van der Waals surface area contributed by atoms with Gasteiger partial charge in [0.05, 0.1) is 11.2 Å². The van der Waals surface area contributed by atoms with Gasteiger partial charge < -0.3 is 9.47 Å². The van der Waals surface area contributed by atoms with E-state index >= 15 is 0 Å². The van der Waals surface area contributed by atoms with Crippen molar-refractivity contribution in [2.24, 2.45) is 0 Å². The molecule has 0 saturated carbocycles. The smallest absolute Gasteiger partial charge is 0.236 e. The molecule has 1 aromatic heterocycles. The number of hydrogen-bond donors (Lipinski definition) is 0.